The molecule has 1 aliphatic heterocycles. The van der Waals surface area contributed by atoms with E-state index in [-0.39, 0.29) is 24.0 Å². The molecule has 1 atom stereocenters. The molecule has 1 aromatic rings. The fraction of sp³-hybridized carbons (Fsp3) is 0.611. The van der Waals surface area contributed by atoms with Gasteiger partial charge < -0.3 is 15.5 Å². The molecule has 1 aliphatic rings. The van der Waals surface area contributed by atoms with Crippen LogP contribution in [0.1, 0.15) is 30.9 Å². The molecule has 0 radical (unpaired) electrons. The average Bonchev–Trinajstić information content (AvgIpc) is 2.61. The number of aliphatic imine (C=N–C) groups is 1. The molecule has 1 aromatic carbocycles. The van der Waals surface area contributed by atoms with Gasteiger partial charge in [0.15, 0.2) is 5.96 Å². The molecule has 1 heterocycles. The summed E-state index contributed by atoms with van der Waals surface area (Å²) in [5.74, 6) is 1.27. The van der Waals surface area contributed by atoms with Crippen LogP contribution in [0, 0.1) is 5.92 Å². The Kier molecular flexibility index (Phi) is 9.70. The molecule has 0 amide bonds. The number of likely N-dealkylation sites (tertiary alicyclic amines) is 1. The number of nitrogens with one attached hydrogen (secondary N) is 2. The lowest BCUT2D eigenvalue weighted by molar-refractivity contribution is -0.137. The van der Waals surface area contributed by atoms with E-state index in [0.29, 0.717) is 18.4 Å². The van der Waals surface area contributed by atoms with Crippen LogP contribution in [-0.2, 0) is 12.7 Å². The van der Waals surface area contributed by atoms with Gasteiger partial charge >= 0.3 is 6.18 Å². The molecule has 1 saturated heterocycles. The van der Waals surface area contributed by atoms with Gasteiger partial charge in [-0.3, -0.25) is 4.99 Å². The van der Waals surface area contributed by atoms with Gasteiger partial charge in [0.25, 0.3) is 0 Å². The van der Waals surface area contributed by atoms with Crippen LogP contribution in [0.4, 0.5) is 13.2 Å². The maximum atomic E-state index is 12.6. The Morgan fingerprint density at radius 3 is 2.50 bits per heavy atom. The number of benzene rings is 1. The van der Waals surface area contributed by atoms with Crippen molar-refractivity contribution in [2.75, 3.05) is 33.2 Å². The third-order valence-electron chi connectivity index (χ3n) is 4.57. The molecule has 4 nitrogen and oxygen atoms in total. The Balaban J connectivity index is 0.00000338. The minimum Gasteiger partial charge on any atom is -0.356 e. The summed E-state index contributed by atoms with van der Waals surface area (Å²) in [7, 11) is 1.70. The van der Waals surface area contributed by atoms with Crippen LogP contribution >= 0.6 is 24.0 Å². The largest absolute Gasteiger partial charge is 0.416 e. The quantitative estimate of drug-likeness (QED) is 0.381. The minimum absolute atomic E-state index is 0. The fourth-order valence-corrected chi connectivity index (χ4v) is 3.06. The number of guanidine groups is 1. The van der Waals surface area contributed by atoms with Crippen molar-refractivity contribution in [3.05, 3.63) is 35.4 Å². The van der Waals surface area contributed by atoms with E-state index < -0.39 is 11.7 Å². The lowest BCUT2D eigenvalue weighted by Crippen LogP contribution is -2.44. The van der Waals surface area contributed by atoms with Crippen LogP contribution in [0.2, 0.25) is 0 Å². The number of piperidine rings is 1. The average molecular weight is 484 g/mol. The Hall–Kier alpha value is -1.03. The third kappa shape index (κ3) is 7.30. The maximum Gasteiger partial charge on any atom is 0.416 e. The second-order valence-electron chi connectivity index (χ2n) is 6.40. The number of nitrogens with zero attached hydrogens (tertiary/aromatic N) is 2. The fourth-order valence-electron chi connectivity index (χ4n) is 3.06. The molecule has 0 aromatic heterocycles. The van der Waals surface area contributed by atoms with E-state index in [9.17, 15) is 13.2 Å². The third-order valence-corrected chi connectivity index (χ3v) is 4.57. The summed E-state index contributed by atoms with van der Waals surface area (Å²) < 4.78 is 37.7. The van der Waals surface area contributed by atoms with Crippen LogP contribution in [0.5, 0.6) is 0 Å². The Bertz CT molecular complexity index is 561. The zero-order valence-electron chi connectivity index (χ0n) is 15.3. The zero-order chi connectivity index (χ0) is 18.3. The van der Waals surface area contributed by atoms with E-state index in [2.05, 4.69) is 27.4 Å². The zero-order valence-corrected chi connectivity index (χ0v) is 17.6. The first kappa shape index (κ1) is 23.0. The molecule has 1 unspecified atom stereocenters. The van der Waals surface area contributed by atoms with Crippen molar-refractivity contribution in [2.24, 2.45) is 10.9 Å². The van der Waals surface area contributed by atoms with Crippen molar-refractivity contribution in [3.8, 4) is 0 Å². The van der Waals surface area contributed by atoms with Gasteiger partial charge in [-0.2, -0.15) is 13.2 Å². The lowest BCUT2D eigenvalue weighted by Gasteiger charge is -2.32. The standard InChI is InChI=1S/C18H27F3N4.HI/c1-3-25-10-4-5-15(13-25)12-24-17(22-2)23-11-14-6-8-16(9-7-14)18(19,20)21;/h6-9,15H,3-5,10-13H2,1-2H3,(H2,22,23,24);1H. The smallest absolute Gasteiger partial charge is 0.356 e. The van der Waals surface area contributed by atoms with Gasteiger partial charge in [0.05, 0.1) is 5.56 Å². The van der Waals surface area contributed by atoms with E-state index in [1.807, 2.05) is 0 Å². The topological polar surface area (TPSA) is 39.7 Å². The Labute approximate surface area is 170 Å². The lowest BCUT2D eigenvalue weighted by atomic mass is 9.98. The Morgan fingerprint density at radius 2 is 1.92 bits per heavy atom. The van der Waals surface area contributed by atoms with Crippen LogP contribution in [-0.4, -0.2) is 44.1 Å². The van der Waals surface area contributed by atoms with E-state index >= 15 is 0 Å². The molecule has 2 N–H and O–H groups in total. The number of hydrogen-bond acceptors (Lipinski definition) is 2. The van der Waals surface area contributed by atoms with E-state index in [1.54, 1.807) is 7.05 Å². The van der Waals surface area contributed by atoms with E-state index in [1.165, 1.54) is 31.5 Å². The highest BCUT2D eigenvalue weighted by Gasteiger charge is 2.29. The van der Waals surface area contributed by atoms with Gasteiger partial charge in [-0.05, 0) is 49.5 Å². The first-order chi connectivity index (χ1) is 11.9. The number of rotatable bonds is 5. The monoisotopic (exact) mass is 484 g/mol. The molecular weight excluding hydrogens is 456 g/mol. The summed E-state index contributed by atoms with van der Waals surface area (Å²) in [5.41, 5.74) is 0.155. The van der Waals surface area contributed by atoms with Crippen LogP contribution < -0.4 is 10.6 Å². The Morgan fingerprint density at radius 1 is 1.23 bits per heavy atom. The SMILES string of the molecule is CCN1CCCC(CNC(=NC)NCc2ccc(C(F)(F)F)cc2)C1.I. The molecule has 0 spiro atoms. The predicted molar refractivity (Wildman–Crippen MR) is 110 cm³/mol. The molecule has 0 saturated carbocycles. The van der Waals surface area contributed by atoms with Gasteiger partial charge in [-0.1, -0.05) is 19.1 Å². The summed E-state index contributed by atoms with van der Waals surface area (Å²) in [6.07, 6.45) is -1.87. The van der Waals surface area contributed by atoms with Crippen molar-refractivity contribution in [1.82, 2.24) is 15.5 Å². The molecule has 1 fully saturated rings. The molecule has 0 aliphatic carbocycles. The van der Waals surface area contributed by atoms with Crippen molar-refractivity contribution >= 4 is 29.9 Å². The summed E-state index contributed by atoms with van der Waals surface area (Å²) in [4.78, 5) is 6.64. The summed E-state index contributed by atoms with van der Waals surface area (Å²) >= 11 is 0. The van der Waals surface area contributed by atoms with Gasteiger partial charge in [0, 0.05) is 26.7 Å². The minimum atomic E-state index is -4.30. The molecule has 8 heteroatoms. The predicted octanol–water partition coefficient (Wildman–Crippen LogP) is 3.72. The van der Waals surface area contributed by atoms with Gasteiger partial charge in [0.1, 0.15) is 0 Å². The number of hydrogen-bond donors (Lipinski definition) is 2. The van der Waals surface area contributed by atoms with Crippen molar-refractivity contribution in [3.63, 3.8) is 0 Å². The van der Waals surface area contributed by atoms with Crippen molar-refractivity contribution in [1.29, 1.82) is 0 Å². The van der Waals surface area contributed by atoms with Crippen molar-refractivity contribution < 1.29 is 13.2 Å². The molecule has 0 bridgehead atoms. The normalized spacial score (nSPS) is 19.0. The molecule has 26 heavy (non-hydrogen) atoms. The molecule has 148 valence electrons. The van der Waals surface area contributed by atoms with Gasteiger partial charge in [-0.25, -0.2) is 0 Å². The highest BCUT2D eigenvalue weighted by atomic mass is 127. The summed E-state index contributed by atoms with van der Waals surface area (Å²) in [6.45, 7) is 6.82. The van der Waals surface area contributed by atoms with E-state index in [0.717, 1.165) is 37.3 Å². The van der Waals surface area contributed by atoms with Crippen LogP contribution in [0.25, 0.3) is 0 Å². The van der Waals surface area contributed by atoms with Crippen molar-refractivity contribution in [2.45, 2.75) is 32.5 Å². The molecule has 2 rings (SSSR count). The maximum absolute atomic E-state index is 12.6. The van der Waals surface area contributed by atoms with Gasteiger partial charge in [0.2, 0.25) is 0 Å². The van der Waals surface area contributed by atoms with Crippen LogP contribution in [0.3, 0.4) is 0 Å². The summed E-state index contributed by atoms with van der Waals surface area (Å²) in [6, 6.07) is 5.19. The number of halogens is 4. The molecular formula is C18H28F3IN4. The van der Waals surface area contributed by atoms with Crippen LogP contribution in [0.15, 0.2) is 29.3 Å². The highest BCUT2D eigenvalue weighted by Crippen LogP contribution is 2.29. The summed E-state index contributed by atoms with van der Waals surface area (Å²) in [5, 5.41) is 6.47. The first-order valence-electron chi connectivity index (χ1n) is 8.75. The van der Waals surface area contributed by atoms with Gasteiger partial charge in [-0.15, -0.1) is 24.0 Å². The van der Waals surface area contributed by atoms with E-state index in [4.69, 9.17) is 0 Å². The second kappa shape index (κ2) is 11.0. The first-order valence-corrected chi connectivity index (χ1v) is 8.75. The second-order valence-corrected chi connectivity index (χ2v) is 6.40. The number of alkyl halides is 3. The highest BCUT2D eigenvalue weighted by molar-refractivity contribution is 14.0.